The topological polar surface area (TPSA) is 75.1 Å². The highest BCUT2D eigenvalue weighted by molar-refractivity contribution is 7.16. The van der Waals surface area contributed by atoms with Crippen LogP contribution in [0.2, 0.25) is 0 Å². The molecule has 1 unspecified atom stereocenters. The zero-order valence-corrected chi connectivity index (χ0v) is 14.8. The van der Waals surface area contributed by atoms with E-state index in [-0.39, 0.29) is 5.13 Å². The van der Waals surface area contributed by atoms with Gasteiger partial charge in [-0.3, -0.25) is 10.1 Å². The number of nitrogens with zero attached hydrogens (tertiary/aromatic N) is 2. The van der Waals surface area contributed by atoms with Crippen LogP contribution in [0, 0.1) is 25.5 Å². The molecular weight excluding hydrogens is 368 g/mol. The molecule has 0 spiro atoms. The number of anilines is 1. The van der Waals surface area contributed by atoms with Crippen LogP contribution in [0.1, 0.15) is 22.4 Å². The number of hydrogen-bond donors (Lipinski definition) is 2. The number of aliphatic hydroxyl groups is 1. The van der Waals surface area contributed by atoms with E-state index in [1.807, 2.05) is 13.8 Å². The van der Waals surface area contributed by atoms with E-state index in [9.17, 15) is 18.7 Å². The third kappa shape index (κ3) is 3.58. The van der Waals surface area contributed by atoms with Crippen molar-refractivity contribution in [1.82, 2.24) is 9.97 Å². The van der Waals surface area contributed by atoms with Crippen molar-refractivity contribution in [2.75, 3.05) is 5.32 Å². The Balaban J connectivity index is 1.79. The van der Waals surface area contributed by atoms with Crippen molar-refractivity contribution in [3.05, 3.63) is 51.5 Å². The van der Waals surface area contributed by atoms with Crippen molar-refractivity contribution in [3.8, 4) is 10.6 Å². The van der Waals surface area contributed by atoms with E-state index in [0.717, 1.165) is 45.1 Å². The van der Waals surface area contributed by atoms with Gasteiger partial charge in [-0.05, 0) is 26.0 Å². The second-order valence-electron chi connectivity index (χ2n) is 5.21. The van der Waals surface area contributed by atoms with E-state index in [4.69, 9.17) is 0 Å². The van der Waals surface area contributed by atoms with Gasteiger partial charge in [0.1, 0.15) is 11.6 Å². The Morgan fingerprint density at radius 3 is 2.52 bits per heavy atom. The average Bonchev–Trinajstić information content (AvgIpc) is 3.12. The highest BCUT2D eigenvalue weighted by Gasteiger charge is 2.25. The molecule has 1 atom stereocenters. The van der Waals surface area contributed by atoms with E-state index in [2.05, 4.69) is 15.3 Å². The minimum Gasteiger partial charge on any atom is -0.378 e. The normalized spacial score (nSPS) is 12.2. The molecule has 0 aliphatic rings. The molecule has 9 heteroatoms. The maximum atomic E-state index is 13.7. The first-order valence-corrected chi connectivity index (χ1v) is 8.89. The summed E-state index contributed by atoms with van der Waals surface area (Å²) in [4.78, 5) is 21.6. The molecule has 130 valence electrons. The number of benzene rings is 1. The van der Waals surface area contributed by atoms with Gasteiger partial charge in [-0.25, -0.2) is 18.7 Å². The molecular formula is C16H13F2N3O2S2. The molecule has 0 aliphatic heterocycles. The number of thiazole rings is 2. The summed E-state index contributed by atoms with van der Waals surface area (Å²) in [6, 6.07) is 3.11. The van der Waals surface area contributed by atoms with Gasteiger partial charge in [0, 0.05) is 5.38 Å². The summed E-state index contributed by atoms with van der Waals surface area (Å²) in [5, 5.41) is 15.2. The number of amides is 1. The molecule has 3 aromatic rings. The molecule has 0 bridgehead atoms. The Morgan fingerprint density at radius 2 is 1.92 bits per heavy atom. The lowest BCUT2D eigenvalue weighted by molar-refractivity contribution is -0.124. The highest BCUT2D eigenvalue weighted by Crippen LogP contribution is 2.32. The number of nitrogens with one attached hydrogen (secondary N) is 1. The third-order valence-corrected chi connectivity index (χ3v) is 5.25. The van der Waals surface area contributed by atoms with Crippen molar-refractivity contribution < 1.29 is 18.7 Å². The van der Waals surface area contributed by atoms with E-state index < -0.39 is 29.2 Å². The molecule has 5 nitrogen and oxygen atoms in total. The number of aromatic nitrogens is 2. The summed E-state index contributed by atoms with van der Waals surface area (Å²) in [6.45, 7) is 3.75. The number of carbonyl (C=O) groups excluding carboxylic acids is 1. The lowest BCUT2D eigenvalue weighted by Gasteiger charge is -2.11. The van der Waals surface area contributed by atoms with Crippen LogP contribution in [0.4, 0.5) is 13.9 Å². The fourth-order valence-electron chi connectivity index (χ4n) is 2.28. The van der Waals surface area contributed by atoms with Gasteiger partial charge in [0.05, 0.1) is 26.8 Å². The Kier molecular flexibility index (Phi) is 4.89. The first kappa shape index (κ1) is 17.6. The van der Waals surface area contributed by atoms with Crippen molar-refractivity contribution in [1.29, 1.82) is 0 Å². The van der Waals surface area contributed by atoms with E-state index in [1.165, 1.54) is 11.3 Å². The van der Waals surface area contributed by atoms with Crippen LogP contribution in [0.3, 0.4) is 0 Å². The molecule has 0 saturated heterocycles. The molecule has 0 fully saturated rings. The third-order valence-electron chi connectivity index (χ3n) is 3.39. The summed E-state index contributed by atoms with van der Waals surface area (Å²) in [6.07, 6.45) is -1.97. The van der Waals surface area contributed by atoms with E-state index >= 15 is 0 Å². The number of carbonyl (C=O) groups is 1. The molecule has 1 amide bonds. The summed E-state index contributed by atoms with van der Waals surface area (Å²) in [7, 11) is 0. The lowest BCUT2D eigenvalue weighted by atomic mass is 10.1. The smallest absolute Gasteiger partial charge is 0.259 e. The van der Waals surface area contributed by atoms with Gasteiger partial charge in [0.2, 0.25) is 0 Å². The van der Waals surface area contributed by atoms with Gasteiger partial charge in [-0.15, -0.1) is 22.7 Å². The van der Waals surface area contributed by atoms with Crippen LogP contribution >= 0.6 is 22.7 Å². The monoisotopic (exact) mass is 381 g/mol. The molecule has 0 saturated carbocycles. The number of aliphatic hydroxyl groups excluding tert-OH is 1. The fraction of sp³-hybridized carbons (Fsp3) is 0.188. The molecule has 0 radical (unpaired) electrons. The van der Waals surface area contributed by atoms with E-state index in [1.54, 1.807) is 5.38 Å². The summed E-state index contributed by atoms with van der Waals surface area (Å²) >= 11 is 2.63. The molecule has 2 heterocycles. The standard InChI is InChI=1S/C16H13F2N3O2S2/c1-7-14(25-8(2)19-7)11-6-24-16(20-11)21-15(23)13(22)12-9(17)4-3-5-10(12)18/h3-6,13,22H,1-2H3,(H,20,21,23). The zero-order valence-electron chi connectivity index (χ0n) is 13.2. The van der Waals surface area contributed by atoms with Crippen LogP contribution in [-0.4, -0.2) is 21.0 Å². The first-order valence-electron chi connectivity index (χ1n) is 7.19. The Morgan fingerprint density at radius 1 is 1.24 bits per heavy atom. The van der Waals surface area contributed by atoms with Gasteiger partial charge < -0.3 is 5.11 Å². The predicted octanol–water partition coefficient (Wildman–Crippen LogP) is 3.83. The second-order valence-corrected chi connectivity index (χ2v) is 7.27. The molecule has 2 N–H and O–H groups in total. The number of hydrogen-bond acceptors (Lipinski definition) is 6. The van der Waals surface area contributed by atoms with Crippen molar-refractivity contribution in [2.45, 2.75) is 20.0 Å². The molecule has 3 rings (SSSR count). The summed E-state index contributed by atoms with van der Waals surface area (Å²) in [5.74, 6) is -2.93. The van der Waals surface area contributed by atoms with Crippen LogP contribution in [0.25, 0.3) is 10.6 Å². The predicted molar refractivity (Wildman–Crippen MR) is 92.6 cm³/mol. The largest absolute Gasteiger partial charge is 0.378 e. The molecule has 2 aromatic heterocycles. The SMILES string of the molecule is Cc1nc(C)c(-c2csc(NC(=O)C(O)c3c(F)cccc3F)n2)s1. The van der Waals surface area contributed by atoms with Gasteiger partial charge in [0.25, 0.3) is 5.91 Å². The number of rotatable bonds is 4. The van der Waals surface area contributed by atoms with E-state index in [0.29, 0.717) is 5.69 Å². The minimum atomic E-state index is -1.97. The van der Waals surface area contributed by atoms with Crippen LogP contribution < -0.4 is 5.32 Å². The van der Waals surface area contributed by atoms with Crippen LogP contribution in [-0.2, 0) is 4.79 Å². The fourth-order valence-corrected chi connectivity index (χ4v) is 3.94. The number of aryl methyl sites for hydroxylation is 2. The molecule has 25 heavy (non-hydrogen) atoms. The maximum Gasteiger partial charge on any atom is 0.259 e. The Labute approximate surface area is 150 Å². The lowest BCUT2D eigenvalue weighted by Crippen LogP contribution is -2.22. The molecule has 0 aliphatic carbocycles. The van der Waals surface area contributed by atoms with Crippen molar-refractivity contribution in [2.24, 2.45) is 0 Å². The highest BCUT2D eigenvalue weighted by atomic mass is 32.1. The van der Waals surface area contributed by atoms with Gasteiger partial charge in [-0.2, -0.15) is 0 Å². The summed E-state index contributed by atoms with van der Waals surface area (Å²) < 4.78 is 27.3. The second kappa shape index (κ2) is 6.95. The zero-order chi connectivity index (χ0) is 18.1. The quantitative estimate of drug-likeness (QED) is 0.720. The van der Waals surface area contributed by atoms with Gasteiger partial charge in [-0.1, -0.05) is 6.07 Å². The maximum absolute atomic E-state index is 13.7. The Hall–Kier alpha value is -2.23. The van der Waals surface area contributed by atoms with Crippen LogP contribution in [0.15, 0.2) is 23.6 Å². The number of halogens is 2. The van der Waals surface area contributed by atoms with Crippen LogP contribution in [0.5, 0.6) is 0 Å². The first-order chi connectivity index (χ1) is 11.9. The molecule has 1 aromatic carbocycles. The summed E-state index contributed by atoms with van der Waals surface area (Å²) in [5.41, 5.74) is 0.791. The minimum absolute atomic E-state index is 0.223. The van der Waals surface area contributed by atoms with Crippen molar-refractivity contribution in [3.63, 3.8) is 0 Å². The van der Waals surface area contributed by atoms with Gasteiger partial charge >= 0.3 is 0 Å². The van der Waals surface area contributed by atoms with Gasteiger partial charge in [0.15, 0.2) is 11.2 Å². The average molecular weight is 381 g/mol. The Bertz CT molecular complexity index is 919. The van der Waals surface area contributed by atoms with Crippen molar-refractivity contribution >= 4 is 33.7 Å².